The smallest absolute Gasteiger partial charge is 0.343 e. The zero-order valence-electron chi connectivity index (χ0n) is 25.3. The van der Waals surface area contributed by atoms with E-state index in [1.54, 1.807) is 67.6 Å². The Hall–Kier alpha value is -5.69. The molecule has 0 radical (unpaired) electrons. The highest BCUT2D eigenvalue weighted by Crippen LogP contribution is 2.24. The number of rotatable bonds is 9. The van der Waals surface area contributed by atoms with Crippen molar-refractivity contribution < 1.29 is 24.2 Å². The second kappa shape index (κ2) is 13.7. The number of hydrogen-bond acceptors (Lipinski definition) is 5. The van der Waals surface area contributed by atoms with E-state index in [-0.39, 0.29) is 24.1 Å². The molecular weight excluding hydrogens is 564 g/mol. The van der Waals surface area contributed by atoms with E-state index in [0.29, 0.717) is 39.6 Å². The minimum Gasteiger partial charge on any atom is -0.508 e. The van der Waals surface area contributed by atoms with Crippen LogP contribution in [-0.4, -0.2) is 22.9 Å². The summed E-state index contributed by atoms with van der Waals surface area (Å²) in [5.74, 6) is -0.0354. The summed E-state index contributed by atoms with van der Waals surface area (Å²) in [6.07, 6.45) is 0. The number of nitrogens with one attached hydrogen (secondary N) is 2. The van der Waals surface area contributed by atoms with Gasteiger partial charge in [-0.25, -0.2) is 4.79 Å². The zero-order valence-corrected chi connectivity index (χ0v) is 25.3. The maximum atomic E-state index is 13.0. The van der Waals surface area contributed by atoms with Crippen molar-refractivity contribution in [1.29, 1.82) is 0 Å². The Kier molecular flexibility index (Phi) is 9.39. The van der Waals surface area contributed by atoms with E-state index in [0.717, 1.165) is 22.3 Å². The van der Waals surface area contributed by atoms with Crippen molar-refractivity contribution in [2.45, 2.75) is 33.2 Å². The lowest BCUT2D eigenvalue weighted by atomic mass is 10.0. The lowest BCUT2D eigenvalue weighted by Crippen LogP contribution is -2.22. The van der Waals surface area contributed by atoms with Crippen molar-refractivity contribution in [1.82, 2.24) is 5.32 Å². The monoisotopic (exact) mass is 598 g/mol. The van der Waals surface area contributed by atoms with E-state index in [1.165, 1.54) is 0 Å². The molecule has 5 rings (SSSR count). The predicted molar refractivity (Wildman–Crippen MR) is 176 cm³/mol. The molecule has 0 unspecified atom stereocenters. The largest absolute Gasteiger partial charge is 0.508 e. The molecule has 0 saturated heterocycles. The SMILES string of the molecule is Cc1cc(C(=O)Nc2cccc(CNC(=O)c3ccc(-c4ccc(O)cc4)cc3)c2)ccc1C(=O)Oc1cccc(C(C)C)c1. The summed E-state index contributed by atoms with van der Waals surface area (Å²) in [5.41, 5.74) is 6.29. The topological polar surface area (TPSA) is 105 Å². The van der Waals surface area contributed by atoms with Crippen LogP contribution in [0.25, 0.3) is 11.1 Å². The van der Waals surface area contributed by atoms with Crippen LogP contribution < -0.4 is 15.4 Å². The normalized spacial score (nSPS) is 10.8. The molecule has 0 aliphatic rings. The van der Waals surface area contributed by atoms with E-state index in [2.05, 4.69) is 24.5 Å². The molecule has 0 fully saturated rings. The molecule has 3 N–H and O–H groups in total. The Morgan fingerprint density at radius 1 is 0.733 bits per heavy atom. The molecule has 0 bridgehead atoms. The maximum Gasteiger partial charge on any atom is 0.343 e. The molecule has 0 aliphatic carbocycles. The molecule has 0 aromatic heterocycles. The third-order valence-electron chi connectivity index (χ3n) is 7.43. The minimum atomic E-state index is -0.483. The second-order valence-corrected chi connectivity index (χ2v) is 11.1. The third kappa shape index (κ3) is 7.83. The average molecular weight is 599 g/mol. The lowest BCUT2D eigenvalue weighted by molar-refractivity contribution is 0.0733. The van der Waals surface area contributed by atoms with Crippen LogP contribution in [0.1, 0.15) is 67.5 Å². The van der Waals surface area contributed by atoms with Crippen molar-refractivity contribution in [2.24, 2.45) is 0 Å². The predicted octanol–water partition coefficient (Wildman–Crippen LogP) is 7.89. The van der Waals surface area contributed by atoms with Crippen LogP contribution in [0.4, 0.5) is 5.69 Å². The Labute approximate surface area is 262 Å². The summed E-state index contributed by atoms with van der Waals surface area (Å²) in [4.78, 5) is 38.7. The lowest BCUT2D eigenvalue weighted by Gasteiger charge is -2.12. The van der Waals surface area contributed by atoms with Crippen molar-refractivity contribution >= 4 is 23.5 Å². The minimum absolute atomic E-state index is 0.200. The standard InChI is InChI=1S/C38H34N2O5/c1-24(2)30-7-5-9-34(22-30)45-38(44)35-19-16-31(20-25(35)3)37(43)40-32-8-4-6-26(21-32)23-39-36(42)29-12-10-27(11-13-29)28-14-17-33(41)18-15-28/h4-22,24,41H,23H2,1-3H3,(H,39,42)(H,40,43). The number of amides is 2. The summed E-state index contributed by atoms with van der Waals surface area (Å²) < 4.78 is 5.60. The van der Waals surface area contributed by atoms with Crippen LogP contribution in [0.2, 0.25) is 0 Å². The van der Waals surface area contributed by atoms with Crippen molar-refractivity contribution in [3.05, 3.63) is 149 Å². The zero-order chi connectivity index (χ0) is 31.9. The van der Waals surface area contributed by atoms with E-state index < -0.39 is 5.97 Å². The van der Waals surface area contributed by atoms with E-state index in [4.69, 9.17) is 4.74 Å². The number of phenols is 1. The van der Waals surface area contributed by atoms with Crippen LogP contribution in [0.15, 0.2) is 115 Å². The van der Waals surface area contributed by atoms with Crippen molar-refractivity contribution in [3.8, 4) is 22.6 Å². The first-order chi connectivity index (χ1) is 21.7. The molecule has 0 aliphatic heterocycles. The molecule has 226 valence electrons. The number of esters is 1. The summed E-state index contributed by atoms with van der Waals surface area (Å²) >= 11 is 0. The Balaban J connectivity index is 1.17. The molecule has 0 spiro atoms. The summed E-state index contributed by atoms with van der Waals surface area (Å²) in [6, 6.07) is 33.7. The molecule has 0 heterocycles. The number of carbonyl (C=O) groups excluding carboxylic acids is 3. The van der Waals surface area contributed by atoms with Gasteiger partial charge in [0.15, 0.2) is 0 Å². The second-order valence-electron chi connectivity index (χ2n) is 11.1. The van der Waals surface area contributed by atoms with Crippen LogP contribution in [-0.2, 0) is 6.54 Å². The molecule has 7 heteroatoms. The molecule has 5 aromatic carbocycles. The van der Waals surface area contributed by atoms with E-state index in [9.17, 15) is 19.5 Å². The van der Waals surface area contributed by atoms with Crippen molar-refractivity contribution in [3.63, 3.8) is 0 Å². The molecule has 45 heavy (non-hydrogen) atoms. The van der Waals surface area contributed by atoms with E-state index >= 15 is 0 Å². The van der Waals surface area contributed by atoms with Gasteiger partial charge >= 0.3 is 5.97 Å². The summed E-state index contributed by atoms with van der Waals surface area (Å²) in [7, 11) is 0. The van der Waals surface area contributed by atoms with Gasteiger partial charge < -0.3 is 20.5 Å². The quantitative estimate of drug-likeness (QED) is 0.118. The first kappa shape index (κ1) is 30.8. The molecule has 5 aromatic rings. The number of anilines is 1. The van der Waals surface area contributed by atoms with Gasteiger partial charge in [-0.3, -0.25) is 9.59 Å². The van der Waals surface area contributed by atoms with Crippen LogP contribution >= 0.6 is 0 Å². The van der Waals surface area contributed by atoms with Gasteiger partial charge in [0.05, 0.1) is 5.56 Å². The van der Waals surface area contributed by atoms with Gasteiger partial charge in [-0.2, -0.15) is 0 Å². The van der Waals surface area contributed by atoms with Gasteiger partial charge in [0.2, 0.25) is 0 Å². The first-order valence-electron chi connectivity index (χ1n) is 14.7. The van der Waals surface area contributed by atoms with Gasteiger partial charge in [0.1, 0.15) is 11.5 Å². The molecule has 7 nitrogen and oxygen atoms in total. The molecule has 0 atom stereocenters. The van der Waals surface area contributed by atoms with Gasteiger partial charge in [-0.1, -0.05) is 62.4 Å². The number of aromatic hydroxyl groups is 1. The third-order valence-corrected chi connectivity index (χ3v) is 7.43. The fourth-order valence-electron chi connectivity index (χ4n) is 4.85. The fourth-order valence-corrected chi connectivity index (χ4v) is 4.85. The number of phenolic OH excluding ortho intramolecular Hbond substituents is 1. The summed E-state index contributed by atoms with van der Waals surface area (Å²) in [5, 5.41) is 15.3. The van der Waals surface area contributed by atoms with Crippen molar-refractivity contribution in [2.75, 3.05) is 5.32 Å². The Bertz CT molecular complexity index is 1840. The first-order valence-corrected chi connectivity index (χ1v) is 14.7. The number of ether oxygens (including phenoxy) is 1. The highest BCUT2D eigenvalue weighted by Gasteiger charge is 2.16. The van der Waals surface area contributed by atoms with Gasteiger partial charge in [-0.05, 0) is 107 Å². The fraction of sp³-hybridized carbons (Fsp3) is 0.132. The molecule has 2 amide bonds. The van der Waals surface area contributed by atoms with E-state index in [1.807, 2.05) is 54.6 Å². The highest BCUT2D eigenvalue weighted by atomic mass is 16.5. The maximum absolute atomic E-state index is 13.0. The van der Waals surface area contributed by atoms with Crippen LogP contribution in [0.3, 0.4) is 0 Å². The Morgan fingerprint density at radius 2 is 1.40 bits per heavy atom. The van der Waals surface area contributed by atoms with Crippen LogP contribution in [0.5, 0.6) is 11.5 Å². The van der Waals surface area contributed by atoms with Crippen LogP contribution in [0, 0.1) is 6.92 Å². The number of hydrogen-bond donors (Lipinski definition) is 3. The summed E-state index contributed by atoms with van der Waals surface area (Å²) in [6.45, 7) is 6.19. The Morgan fingerprint density at radius 3 is 2.09 bits per heavy atom. The molecular formula is C38H34N2O5. The van der Waals surface area contributed by atoms with Gasteiger partial charge in [0.25, 0.3) is 11.8 Å². The number of benzene rings is 5. The average Bonchev–Trinajstić information content (AvgIpc) is 3.04. The number of carbonyl (C=O) groups is 3. The highest BCUT2D eigenvalue weighted by molar-refractivity contribution is 6.05. The number of aryl methyl sites for hydroxylation is 1. The molecule has 0 saturated carbocycles. The van der Waals surface area contributed by atoms with Gasteiger partial charge in [0, 0.05) is 23.4 Å². The van der Waals surface area contributed by atoms with Gasteiger partial charge in [-0.15, -0.1) is 0 Å².